The Kier molecular flexibility index (Phi) is 7.67. The number of hydrogen-bond acceptors (Lipinski definition) is 1. The summed E-state index contributed by atoms with van der Waals surface area (Å²) < 4.78 is 6.15. The molecule has 0 aromatic rings. The summed E-state index contributed by atoms with van der Waals surface area (Å²) in [6, 6.07) is 1.34. The number of rotatable bonds is 8. The van der Waals surface area contributed by atoms with Crippen LogP contribution < -0.4 is 0 Å². The highest BCUT2D eigenvalue weighted by atomic mass is 28.2. The van der Waals surface area contributed by atoms with E-state index >= 15 is 0 Å². The second-order valence-corrected chi connectivity index (χ2v) is 5.25. The van der Waals surface area contributed by atoms with Crippen LogP contribution in [-0.4, -0.2) is 15.4 Å². The maximum absolute atomic E-state index is 6.15. The van der Waals surface area contributed by atoms with Crippen LogP contribution in [0.25, 0.3) is 0 Å². The van der Waals surface area contributed by atoms with Gasteiger partial charge in [0.25, 0.3) is 0 Å². The van der Waals surface area contributed by atoms with Crippen molar-refractivity contribution in [2.45, 2.75) is 71.4 Å². The molecule has 0 radical (unpaired) electrons. The molecule has 0 fully saturated rings. The number of hydrogen-bond donors (Lipinski definition) is 0. The van der Waals surface area contributed by atoms with E-state index < -0.39 is 0 Å². The van der Waals surface area contributed by atoms with Gasteiger partial charge in [-0.05, 0) is 25.3 Å². The molecule has 0 N–H and O–H groups in total. The fraction of sp³-hybridized carbons (Fsp3) is 1.00. The Morgan fingerprint density at radius 1 is 1.00 bits per heavy atom. The molecule has 1 nitrogen and oxygen atoms in total. The van der Waals surface area contributed by atoms with E-state index in [1.165, 1.54) is 38.1 Å². The highest BCUT2D eigenvalue weighted by molar-refractivity contribution is 6.27. The third-order valence-corrected chi connectivity index (χ3v) is 4.71. The molecular formula is C11H26OSi. The fourth-order valence-electron chi connectivity index (χ4n) is 1.77. The van der Waals surface area contributed by atoms with Gasteiger partial charge in [0.2, 0.25) is 0 Å². The maximum Gasteiger partial charge on any atom is 0.162 e. The first-order chi connectivity index (χ1) is 6.24. The van der Waals surface area contributed by atoms with Crippen LogP contribution in [-0.2, 0) is 4.43 Å². The van der Waals surface area contributed by atoms with Gasteiger partial charge >= 0.3 is 0 Å². The predicted molar refractivity (Wildman–Crippen MR) is 62.9 cm³/mol. The van der Waals surface area contributed by atoms with Crippen LogP contribution in [0.15, 0.2) is 0 Å². The van der Waals surface area contributed by atoms with Crippen molar-refractivity contribution >= 4 is 9.76 Å². The van der Waals surface area contributed by atoms with Gasteiger partial charge in [-0.15, -0.1) is 0 Å². The smallest absolute Gasteiger partial charge is 0.162 e. The summed E-state index contributed by atoms with van der Waals surface area (Å²) in [7, 11) is -0.235. The molecule has 0 aliphatic rings. The molecule has 13 heavy (non-hydrogen) atoms. The molecule has 0 rings (SSSR count). The zero-order chi connectivity index (χ0) is 10.2. The minimum atomic E-state index is -0.235. The van der Waals surface area contributed by atoms with Crippen molar-refractivity contribution in [2.75, 3.05) is 0 Å². The van der Waals surface area contributed by atoms with Crippen molar-refractivity contribution in [1.82, 2.24) is 0 Å². The zero-order valence-electron chi connectivity index (χ0n) is 9.86. The van der Waals surface area contributed by atoms with Crippen LogP contribution in [0.2, 0.25) is 6.04 Å². The Bertz CT molecular complexity index is 111. The minimum absolute atomic E-state index is 0.235. The topological polar surface area (TPSA) is 9.23 Å². The lowest BCUT2D eigenvalue weighted by atomic mass is 9.92. The van der Waals surface area contributed by atoms with Crippen molar-refractivity contribution < 1.29 is 4.43 Å². The van der Waals surface area contributed by atoms with Gasteiger partial charge in [-0.25, -0.2) is 0 Å². The largest absolute Gasteiger partial charge is 0.419 e. The predicted octanol–water partition coefficient (Wildman–Crippen LogP) is 3.27. The summed E-state index contributed by atoms with van der Waals surface area (Å²) in [5.41, 5.74) is 0.246. The second kappa shape index (κ2) is 7.57. The van der Waals surface area contributed by atoms with Crippen LogP contribution in [0.1, 0.15) is 59.8 Å². The quantitative estimate of drug-likeness (QED) is 0.433. The van der Waals surface area contributed by atoms with Crippen molar-refractivity contribution in [3.8, 4) is 0 Å². The molecule has 0 unspecified atom stereocenters. The SMILES string of the molecule is CCC[SiH2]OC(CC)(CC)CCC. The summed E-state index contributed by atoms with van der Waals surface area (Å²) >= 11 is 0. The molecule has 80 valence electrons. The lowest BCUT2D eigenvalue weighted by Crippen LogP contribution is -2.32. The molecule has 2 heteroatoms. The van der Waals surface area contributed by atoms with Gasteiger partial charge < -0.3 is 4.43 Å². The molecule has 0 aromatic carbocycles. The van der Waals surface area contributed by atoms with Gasteiger partial charge in [-0.2, -0.15) is 0 Å². The molecule has 0 saturated carbocycles. The van der Waals surface area contributed by atoms with E-state index in [9.17, 15) is 0 Å². The first kappa shape index (κ1) is 13.2. The standard InChI is InChI=1S/C11H26OSi/c1-5-9-11(7-3,8-4)12-13-10-6-2/h5-10,13H2,1-4H3. The van der Waals surface area contributed by atoms with Crippen LogP contribution in [0.4, 0.5) is 0 Å². The second-order valence-electron chi connectivity index (χ2n) is 3.84. The summed E-state index contributed by atoms with van der Waals surface area (Å²) in [5.74, 6) is 0. The van der Waals surface area contributed by atoms with E-state index in [-0.39, 0.29) is 15.4 Å². The van der Waals surface area contributed by atoms with Crippen molar-refractivity contribution in [1.29, 1.82) is 0 Å². The summed E-state index contributed by atoms with van der Waals surface area (Å²) in [6.45, 7) is 9.03. The Labute approximate surface area is 86.2 Å². The summed E-state index contributed by atoms with van der Waals surface area (Å²) in [4.78, 5) is 0. The van der Waals surface area contributed by atoms with Gasteiger partial charge in [0.1, 0.15) is 0 Å². The van der Waals surface area contributed by atoms with E-state index in [1.54, 1.807) is 0 Å². The highest BCUT2D eigenvalue weighted by Gasteiger charge is 2.24. The third-order valence-electron chi connectivity index (χ3n) is 2.90. The Hall–Kier alpha value is 0.177. The van der Waals surface area contributed by atoms with E-state index in [4.69, 9.17) is 4.43 Å². The molecule has 0 aromatic heterocycles. The molecule has 0 aliphatic heterocycles. The lowest BCUT2D eigenvalue weighted by Gasteiger charge is -2.32. The molecular weight excluding hydrogens is 176 g/mol. The van der Waals surface area contributed by atoms with E-state index in [0.717, 1.165) is 0 Å². The van der Waals surface area contributed by atoms with Gasteiger partial charge in [-0.1, -0.05) is 40.5 Å². The average Bonchev–Trinajstić information content (AvgIpc) is 2.17. The van der Waals surface area contributed by atoms with E-state index in [1.807, 2.05) is 0 Å². The van der Waals surface area contributed by atoms with Gasteiger partial charge in [0, 0.05) is 0 Å². The third kappa shape index (κ3) is 4.82. The normalized spacial score (nSPS) is 12.9. The van der Waals surface area contributed by atoms with Crippen LogP contribution in [0.3, 0.4) is 0 Å². The van der Waals surface area contributed by atoms with Crippen molar-refractivity contribution in [3.63, 3.8) is 0 Å². The summed E-state index contributed by atoms with van der Waals surface area (Å²) in [5, 5.41) is 0. The molecule has 0 aliphatic carbocycles. The molecule has 0 bridgehead atoms. The maximum atomic E-state index is 6.15. The molecule has 0 saturated heterocycles. The van der Waals surface area contributed by atoms with E-state index in [2.05, 4.69) is 27.7 Å². The van der Waals surface area contributed by atoms with Crippen LogP contribution >= 0.6 is 0 Å². The Morgan fingerprint density at radius 3 is 2.00 bits per heavy atom. The zero-order valence-corrected chi connectivity index (χ0v) is 11.3. The average molecular weight is 202 g/mol. The Balaban J connectivity index is 3.89. The molecule has 0 heterocycles. The molecule has 0 amide bonds. The van der Waals surface area contributed by atoms with Gasteiger partial charge in [0.05, 0.1) is 5.60 Å². The summed E-state index contributed by atoms with van der Waals surface area (Å²) in [6.07, 6.45) is 6.17. The minimum Gasteiger partial charge on any atom is -0.419 e. The first-order valence-electron chi connectivity index (χ1n) is 5.88. The van der Waals surface area contributed by atoms with Crippen LogP contribution in [0, 0.1) is 0 Å². The fourth-order valence-corrected chi connectivity index (χ4v) is 3.19. The highest BCUT2D eigenvalue weighted by Crippen LogP contribution is 2.26. The Morgan fingerprint density at radius 2 is 1.62 bits per heavy atom. The first-order valence-corrected chi connectivity index (χ1v) is 7.46. The van der Waals surface area contributed by atoms with Gasteiger partial charge in [-0.3, -0.25) is 0 Å². The molecule has 0 spiro atoms. The van der Waals surface area contributed by atoms with Gasteiger partial charge in [0.15, 0.2) is 9.76 Å². The van der Waals surface area contributed by atoms with E-state index in [0.29, 0.717) is 0 Å². The van der Waals surface area contributed by atoms with Crippen molar-refractivity contribution in [3.05, 3.63) is 0 Å². The van der Waals surface area contributed by atoms with Crippen LogP contribution in [0.5, 0.6) is 0 Å². The monoisotopic (exact) mass is 202 g/mol. The molecule has 0 atom stereocenters. The van der Waals surface area contributed by atoms with Crippen molar-refractivity contribution in [2.24, 2.45) is 0 Å². The lowest BCUT2D eigenvalue weighted by molar-refractivity contribution is 0.0541.